The van der Waals surface area contributed by atoms with Crippen LogP contribution in [0.4, 0.5) is 4.39 Å². The van der Waals surface area contributed by atoms with E-state index in [0.29, 0.717) is 17.7 Å². The van der Waals surface area contributed by atoms with Crippen LogP contribution in [0.3, 0.4) is 0 Å². The molecule has 0 aliphatic carbocycles. The van der Waals surface area contributed by atoms with Gasteiger partial charge in [-0.3, -0.25) is 10.7 Å². The molecular weight excluding hydrogens is 521 g/mol. The Labute approximate surface area is 184 Å². The summed E-state index contributed by atoms with van der Waals surface area (Å²) in [6.45, 7) is 0.675. The molecule has 10 heteroatoms. The summed E-state index contributed by atoms with van der Waals surface area (Å²) in [5.74, 6) is -0.566. The van der Waals surface area contributed by atoms with Crippen LogP contribution >= 0.6 is 45.8 Å². The van der Waals surface area contributed by atoms with Crippen molar-refractivity contribution in [3.63, 3.8) is 0 Å². The van der Waals surface area contributed by atoms with E-state index >= 15 is 0 Å². The minimum atomic E-state index is -1.05. The summed E-state index contributed by atoms with van der Waals surface area (Å²) in [5, 5.41) is 5.79. The monoisotopic (exact) mass is 536 g/mol. The van der Waals surface area contributed by atoms with Crippen molar-refractivity contribution in [3.8, 4) is 5.75 Å². The molecule has 1 unspecified atom stereocenters. The van der Waals surface area contributed by atoms with E-state index in [2.05, 4.69) is 32.7 Å². The molecule has 0 spiro atoms. The third-order valence-electron chi connectivity index (χ3n) is 4.57. The zero-order valence-electron chi connectivity index (χ0n) is 14.5. The Hall–Kier alpha value is -1.20. The fourth-order valence-corrected chi connectivity index (χ4v) is 4.46. The zero-order valence-corrected chi connectivity index (χ0v) is 18.2. The highest BCUT2D eigenvalue weighted by molar-refractivity contribution is 14.1. The number of hydrogen-bond acceptors (Lipinski definition) is 5. The van der Waals surface area contributed by atoms with Crippen molar-refractivity contribution in [1.29, 1.82) is 0 Å². The van der Waals surface area contributed by atoms with Crippen LogP contribution < -0.4 is 10.5 Å². The van der Waals surface area contributed by atoms with Crippen molar-refractivity contribution in [3.05, 3.63) is 49.7 Å². The molecule has 1 aliphatic heterocycles. The molecule has 0 bridgehead atoms. The lowest BCUT2D eigenvalue weighted by Crippen LogP contribution is -2.20. The average molecular weight is 537 g/mol. The average Bonchev–Trinajstić information content (AvgIpc) is 2.98. The van der Waals surface area contributed by atoms with Gasteiger partial charge in [0.05, 0.1) is 15.6 Å². The molecule has 3 heterocycles. The molecule has 0 amide bonds. The molecule has 28 heavy (non-hydrogen) atoms. The molecule has 0 saturated carbocycles. The fourth-order valence-electron chi connectivity index (χ4n) is 3.22. The Bertz CT molecular complexity index is 1010. The van der Waals surface area contributed by atoms with Crippen LogP contribution in [-0.2, 0) is 4.74 Å². The number of benzene rings is 1. The number of fused-ring (bicyclic) bond motifs is 1. The molecule has 2 atom stereocenters. The molecular formula is C18H16Cl2FIN4O2. The normalized spacial score (nSPS) is 18.4. The Morgan fingerprint density at radius 3 is 2.71 bits per heavy atom. The SMILES string of the molecule is N[C@@H](Oc1cc2c(I)nn(C3CCCCO3)c2cc1F)c1c(Cl)cncc1Cl. The van der Waals surface area contributed by atoms with Gasteiger partial charge in [-0.2, -0.15) is 5.10 Å². The molecule has 3 aromatic rings. The molecule has 1 fully saturated rings. The molecule has 1 saturated heterocycles. The van der Waals surface area contributed by atoms with Gasteiger partial charge in [0.25, 0.3) is 0 Å². The van der Waals surface area contributed by atoms with Crippen LogP contribution in [0.5, 0.6) is 5.75 Å². The highest BCUT2D eigenvalue weighted by Crippen LogP contribution is 2.35. The predicted molar refractivity (Wildman–Crippen MR) is 113 cm³/mol. The Morgan fingerprint density at radius 1 is 1.29 bits per heavy atom. The lowest BCUT2D eigenvalue weighted by molar-refractivity contribution is -0.0369. The van der Waals surface area contributed by atoms with E-state index in [1.165, 1.54) is 18.5 Å². The minimum absolute atomic E-state index is 0.00836. The molecule has 2 aromatic heterocycles. The van der Waals surface area contributed by atoms with Gasteiger partial charge < -0.3 is 9.47 Å². The Kier molecular flexibility index (Phi) is 5.93. The van der Waals surface area contributed by atoms with Crippen molar-refractivity contribution >= 4 is 56.7 Å². The summed E-state index contributed by atoms with van der Waals surface area (Å²) in [6, 6.07) is 2.97. The minimum Gasteiger partial charge on any atom is -0.468 e. The molecule has 4 rings (SSSR count). The third kappa shape index (κ3) is 3.80. The summed E-state index contributed by atoms with van der Waals surface area (Å²) in [7, 11) is 0. The first-order chi connectivity index (χ1) is 13.5. The number of halogens is 4. The second-order valence-corrected chi connectivity index (χ2v) is 8.25. The molecule has 6 nitrogen and oxygen atoms in total. The molecule has 148 valence electrons. The summed E-state index contributed by atoms with van der Waals surface area (Å²) in [5.41, 5.74) is 7.07. The van der Waals surface area contributed by atoms with Crippen molar-refractivity contribution in [2.45, 2.75) is 31.7 Å². The number of aromatic nitrogens is 3. The van der Waals surface area contributed by atoms with Crippen LogP contribution in [0.15, 0.2) is 24.5 Å². The first-order valence-electron chi connectivity index (χ1n) is 8.65. The lowest BCUT2D eigenvalue weighted by atomic mass is 10.2. The maximum absolute atomic E-state index is 14.8. The lowest BCUT2D eigenvalue weighted by Gasteiger charge is -2.23. The van der Waals surface area contributed by atoms with Crippen molar-refractivity contribution in [2.75, 3.05) is 6.61 Å². The van der Waals surface area contributed by atoms with E-state index in [-0.39, 0.29) is 22.0 Å². The van der Waals surface area contributed by atoms with Crippen LogP contribution in [0, 0.1) is 9.52 Å². The van der Waals surface area contributed by atoms with E-state index in [1.54, 1.807) is 10.7 Å². The van der Waals surface area contributed by atoms with Crippen molar-refractivity contribution < 1.29 is 13.9 Å². The van der Waals surface area contributed by atoms with E-state index in [1.807, 2.05) is 0 Å². The van der Waals surface area contributed by atoms with E-state index in [4.69, 9.17) is 38.4 Å². The molecule has 1 aliphatic rings. The van der Waals surface area contributed by atoms with Gasteiger partial charge in [0, 0.05) is 36.0 Å². The largest absolute Gasteiger partial charge is 0.468 e. The van der Waals surface area contributed by atoms with Crippen LogP contribution in [0.2, 0.25) is 10.0 Å². The molecule has 0 radical (unpaired) electrons. The number of nitrogens with zero attached hydrogens (tertiary/aromatic N) is 3. The van der Waals surface area contributed by atoms with E-state index < -0.39 is 12.0 Å². The second kappa shape index (κ2) is 8.27. The van der Waals surface area contributed by atoms with E-state index in [0.717, 1.165) is 28.3 Å². The van der Waals surface area contributed by atoms with Crippen molar-refractivity contribution in [2.24, 2.45) is 5.73 Å². The first kappa shape index (κ1) is 20.1. The topological polar surface area (TPSA) is 75.2 Å². The van der Waals surface area contributed by atoms with Gasteiger partial charge in [-0.15, -0.1) is 0 Å². The quantitative estimate of drug-likeness (QED) is 0.365. The number of nitrogens with two attached hydrogens (primary N) is 1. The maximum atomic E-state index is 14.8. The van der Waals surface area contributed by atoms with E-state index in [9.17, 15) is 4.39 Å². The Balaban J connectivity index is 1.69. The number of rotatable bonds is 4. The van der Waals surface area contributed by atoms with Gasteiger partial charge >= 0.3 is 0 Å². The molecule has 1 aromatic carbocycles. The van der Waals surface area contributed by atoms with Crippen LogP contribution in [0.1, 0.15) is 37.3 Å². The highest BCUT2D eigenvalue weighted by atomic mass is 127. The van der Waals surface area contributed by atoms with Gasteiger partial charge in [-0.25, -0.2) is 9.07 Å². The predicted octanol–water partition coefficient (Wildman–Crippen LogP) is 5.22. The van der Waals surface area contributed by atoms with Crippen LogP contribution in [-0.4, -0.2) is 21.4 Å². The second-order valence-electron chi connectivity index (χ2n) is 6.41. The summed E-state index contributed by atoms with van der Waals surface area (Å²) >= 11 is 14.3. The number of hydrogen-bond donors (Lipinski definition) is 1. The fraction of sp³-hybridized carbons (Fsp3) is 0.333. The maximum Gasteiger partial charge on any atom is 0.177 e. The number of ether oxygens (including phenoxy) is 2. The number of pyridine rings is 1. The first-order valence-corrected chi connectivity index (χ1v) is 10.5. The summed E-state index contributed by atoms with van der Waals surface area (Å²) in [6.07, 6.45) is 4.49. The van der Waals surface area contributed by atoms with Crippen LogP contribution in [0.25, 0.3) is 10.9 Å². The van der Waals surface area contributed by atoms with Gasteiger partial charge in [0.2, 0.25) is 0 Å². The highest BCUT2D eigenvalue weighted by Gasteiger charge is 2.23. The summed E-state index contributed by atoms with van der Waals surface area (Å²) < 4.78 is 28.7. The smallest absolute Gasteiger partial charge is 0.177 e. The zero-order chi connectivity index (χ0) is 19.8. The van der Waals surface area contributed by atoms with Gasteiger partial charge in [-0.05, 0) is 47.9 Å². The van der Waals surface area contributed by atoms with Gasteiger partial charge in [0.1, 0.15) is 3.70 Å². The molecule has 2 N–H and O–H groups in total. The van der Waals surface area contributed by atoms with Gasteiger partial charge in [0.15, 0.2) is 24.0 Å². The third-order valence-corrected chi connectivity index (χ3v) is 5.97. The Morgan fingerprint density at radius 2 is 2.04 bits per heavy atom. The standard InChI is InChI=1S/C18H16Cl2FIN4O2/c19-10-7-24-8-11(20)16(10)18(23)28-14-5-9-13(6-12(14)21)26(25-17(9)22)15-3-1-2-4-27-15/h5-8,15,18H,1-4,23H2/t15?,18-/m0/s1. The summed E-state index contributed by atoms with van der Waals surface area (Å²) in [4.78, 5) is 3.88. The van der Waals surface area contributed by atoms with Crippen molar-refractivity contribution in [1.82, 2.24) is 14.8 Å². The van der Waals surface area contributed by atoms with Gasteiger partial charge in [-0.1, -0.05) is 23.2 Å².